The maximum Gasteiger partial charge on any atom is 0.239 e. The van der Waals surface area contributed by atoms with Crippen molar-refractivity contribution in [2.45, 2.75) is 26.3 Å². The summed E-state index contributed by atoms with van der Waals surface area (Å²) >= 11 is 0. The van der Waals surface area contributed by atoms with Gasteiger partial charge < -0.3 is 15.4 Å². The van der Waals surface area contributed by atoms with Crippen molar-refractivity contribution in [3.05, 3.63) is 71.0 Å². The monoisotopic (exact) mass is 374 g/mol. The van der Waals surface area contributed by atoms with Crippen LogP contribution in [0.4, 0.5) is 4.39 Å². The van der Waals surface area contributed by atoms with Gasteiger partial charge in [0.05, 0.1) is 6.54 Å². The zero-order valence-corrected chi connectivity index (χ0v) is 16.0. The van der Waals surface area contributed by atoms with Gasteiger partial charge in [-0.2, -0.15) is 0 Å². The molecule has 6 heteroatoms. The van der Waals surface area contributed by atoms with Gasteiger partial charge in [0, 0.05) is 27.7 Å². The minimum absolute atomic E-state index is 0.0128. The third-order valence-electron chi connectivity index (χ3n) is 3.60. The van der Waals surface area contributed by atoms with Gasteiger partial charge in [0.1, 0.15) is 5.82 Å². The fourth-order valence-corrected chi connectivity index (χ4v) is 2.27. The van der Waals surface area contributed by atoms with E-state index >= 15 is 0 Å². The van der Waals surface area contributed by atoms with E-state index in [-0.39, 0.29) is 24.2 Å². The summed E-state index contributed by atoms with van der Waals surface area (Å²) < 4.78 is 17.4. The van der Waals surface area contributed by atoms with Crippen LogP contribution in [0, 0.1) is 5.82 Å². The van der Waals surface area contributed by atoms with E-state index in [4.69, 9.17) is 0 Å². The van der Waals surface area contributed by atoms with Crippen molar-refractivity contribution in [1.29, 1.82) is 0 Å². The first-order chi connectivity index (χ1) is 12.9. The second-order valence-corrected chi connectivity index (χ2v) is 6.04. The van der Waals surface area contributed by atoms with E-state index in [0.29, 0.717) is 6.54 Å². The van der Waals surface area contributed by atoms with E-state index in [1.165, 1.54) is 13.0 Å². The minimum Gasteiger partial charge on any atom is -0.388 e. The Morgan fingerprint density at radius 3 is 2.11 bits per heavy atom. The minimum atomic E-state index is -0.229. The summed E-state index contributed by atoms with van der Waals surface area (Å²) in [5.74, 6) is -0.661. The molecule has 0 radical (unpaired) electrons. The van der Waals surface area contributed by atoms with Crippen molar-refractivity contribution in [2.75, 3.05) is 20.8 Å². The standard InChI is InChI=1S/C19H21FN2O2.C2H6O/c1-14(23)21-13-19(24)22-12-17-9-6-15(7-10-17)5-8-16-3-2-4-18(20)11-16;1-3-2/h2-4,6-7,9-11H,5,8,12-13H2,1H3,(H,21,23)(H,22,24);1-2H3. The van der Waals surface area contributed by atoms with Crippen LogP contribution < -0.4 is 10.6 Å². The van der Waals surface area contributed by atoms with Crippen LogP contribution in [0.5, 0.6) is 0 Å². The smallest absolute Gasteiger partial charge is 0.239 e. The van der Waals surface area contributed by atoms with Crippen LogP contribution in [0.15, 0.2) is 48.5 Å². The molecule has 0 aliphatic rings. The molecule has 0 fully saturated rings. The maximum absolute atomic E-state index is 13.1. The van der Waals surface area contributed by atoms with Gasteiger partial charge in [0.25, 0.3) is 0 Å². The summed E-state index contributed by atoms with van der Waals surface area (Å²) in [4.78, 5) is 22.2. The largest absolute Gasteiger partial charge is 0.388 e. The van der Waals surface area contributed by atoms with Crippen molar-refractivity contribution in [3.8, 4) is 0 Å². The Hall–Kier alpha value is -2.73. The molecule has 0 saturated carbocycles. The summed E-state index contributed by atoms with van der Waals surface area (Å²) in [6.07, 6.45) is 1.61. The first kappa shape index (κ1) is 22.3. The van der Waals surface area contributed by atoms with Gasteiger partial charge in [-0.05, 0) is 41.7 Å². The van der Waals surface area contributed by atoms with Crippen LogP contribution in [0.2, 0.25) is 0 Å². The Morgan fingerprint density at radius 1 is 0.926 bits per heavy atom. The molecule has 2 amide bonds. The number of halogens is 1. The topological polar surface area (TPSA) is 67.4 Å². The fraction of sp³-hybridized carbons (Fsp3) is 0.333. The van der Waals surface area contributed by atoms with E-state index < -0.39 is 0 Å². The van der Waals surface area contributed by atoms with Crippen LogP contribution in [0.3, 0.4) is 0 Å². The molecule has 146 valence electrons. The molecular weight excluding hydrogens is 347 g/mol. The number of amides is 2. The Labute approximate surface area is 159 Å². The fourth-order valence-electron chi connectivity index (χ4n) is 2.27. The Morgan fingerprint density at radius 2 is 1.52 bits per heavy atom. The lowest BCUT2D eigenvalue weighted by Crippen LogP contribution is -2.35. The molecule has 2 aromatic rings. The normalized spacial score (nSPS) is 9.78. The van der Waals surface area contributed by atoms with E-state index in [2.05, 4.69) is 15.4 Å². The summed E-state index contributed by atoms with van der Waals surface area (Å²) in [6, 6.07) is 14.6. The average molecular weight is 374 g/mol. The van der Waals surface area contributed by atoms with Crippen LogP contribution in [0.1, 0.15) is 23.6 Å². The molecule has 0 saturated heterocycles. The summed E-state index contributed by atoms with van der Waals surface area (Å²) in [5.41, 5.74) is 3.12. The number of ether oxygens (including phenoxy) is 1. The highest BCUT2D eigenvalue weighted by molar-refractivity contribution is 5.83. The molecular formula is C21H27FN2O3. The van der Waals surface area contributed by atoms with Crippen molar-refractivity contribution < 1.29 is 18.7 Å². The highest BCUT2D eigenvalue weighted by Crippen LogP contribution is 2.10. The lowest BCUT2D eigenvalue weighted by molar-refractivity contribution is -0.125. The molecule has 0 heterocycles. The van der Waals surface area contributed by atoms with Gasteiger partial charge in [0.2, 0.25) is 11.8 Å². The Kier molecular flexibility index (Phi) is 10.4. The van der Waals surface area contributed by atoms with Crippen molar-refractivity contribution in [3.63, 3.8) is 0 Å². The second-order valence-electron chi connectivity index (χ2n) is 6.04. The molecule has 5 nitrogen and oxygen atoms in total. The average Bonchev–Trinajstić information content (AvgIpc) is 2.64. The SMILES string of the molecule is CC(=O)NCC(=O)NCc1ccc(CCc2cccc(F)c2)cc1.COC. The van der Waals surface area contributed by atoms with Gasteiger partial charge in [-0.25, -0.2) is 4.39 Å². The summed E-state index contributed by atoms with van der Waals surface area (Å²) in [7, 11) is 3.25. The zero-order valence-electron chi connectivity index (χ0n) is 16.0. The van der Waals surface area contributed by atoms with E-state index in [0.717, 1.165) is 29.5 Å². The van der Waals surface area contributed by atoms with E-state index in [1.54, 1.807) is 26.4 Å². The third-order valence-corrected chi connectivity index (χ3v) is 3.60. The highest BCUT2D eigenvalue weighted by atomic mass is 19.1. The van der Waals surface area contributed by atoms with Crippen molar-refractivity contribution >= 4 is 11.8 Å². The summed E-state index contributed by atoms with van der Waals surface area (Å²) in [6.45, 7) is 1.78. The van der Waals surface area contributed by atoms with Gasteiger partial charge in [-0.3, -0.25) is 9.59 Å². The van der Waals surface area contributed by atoms with E-state index in [1.807, 2.05) is 30.3 Å². The molecule has 0 aliphatic heterocycles. The molecule has 0 aliphatic carbocycles. The van der Waals surface area contributed by atoms with Gasteiger partial charge in [-0.1, -0.05) is 36.4 Å². The zero-order chi connectivity index (χ0) is 20.1. The predicted octanol–water partition coefficient (Wildman–Crippen LogP) is 2.63. The number of nitrogens with one attached hydrogen (secondary N) is 2. The lowest BCUT2D eigenvalue weighted by Gasteiger charge is -2.07. The number of carbonyl (C=O) groups excluding carboxylic acids is 2. The van der Waals surface area contributed by atoms with Crippen LogP contribution in [-0.4, -0.2) is 32.6 Å². The molecule has 2 N–H and O–H groups in total. The quantitative estimate of drug-likeness (QED) is 0.783. The van der Waals surface area contributed by atoms with E-state index in [9.17, 15) is 14.0 Å². The Balaban J connectivity index is 0.00000114. The predicted molar refractivity (Wildman–Crippen MR) is 104 cm³/mol. The number of aryl methyl sites for hydroxylation is 2. The van der Waals surface area contributed by atoms with Gasteiger partial charge in [0.15, 0.2) is 0 Å². The van der Waals surface area contributed by atoms with Crippen LogP contribution in [-0.2, 0) is 33.7 Å². The van der Waals surface area contributed by atoms with Gasteiger partial charge in [-0.15, -0.1) is 0 Å². The molecule has 27 heavy (non-hydrogen) atoms. The van der Waals surface area contributed by atoms with Gasteiger partial charge >= 0.3 is 0 Å². The molecule has 0 aromatic heterocycles. The number of benzene rings is 2. The number of carbonyl (C=O) groups is 2. The molecule has 0 bridgehead atoms. The van der Waals surface area contributed by atoms with Crippen molar-refractivity contribution in [2.24, 2.45) is 0 Å². The maximum atomic E-state index is 13.1. The third kappa shape index (κ3) is 10.1. The van der Waals surface area contributed by atoms with Crippen LogP contribution >= 0.6 is 0 Å². The number of methoxy groups -OCH3 is 1. The molecule has 0 atom stereocenters. The molecule has 2 aromatic carbocycles. The second kappa shape index (κ2) is 12.6. The summed E-state index contributed by atoms with van der Waals surface area (Å²) in [5, 5.41) is 5.19. The van der Waals surface area contributed by atoms with Crippen LogP contribution in [0.25, 0.3) is 0 Å². The number of hydrogen-bond donors (Lipinski definition) is 2. The number of rotatable bonds is 7. The number of hydrogen-bond acceptors (Lipinski definition) is 3. The Bertz CT molecular complexity index is 718. The highest BCUT2D eigenvalue weighted by Gasteiger charge is 2.03. The molecule has 0 spiro atoms. The molecule has 0 unspecified atom stereocenters. The lowest BCUT2D eigenvalue weighted by atomic mass is 10.0. The van der Waals surface area contributed by atoms with Crippen molar-refractivity contribution in [1.82, 2.24) is 10.6 Å². The first-order valence-electron chi connectivity index (χ1n) is 8.68. The molecule has 2 rings (SSSR count). The first-order valence-corrected chi connectivity index (χ1v) is 8.68.